The lowest BCUT2D eigenvalue weighted by molar-refractivity contribution is 0.463. The summed E-state index contributed by atoms with van der Waals surface area (Å²) in [5.74, 6) is 0.964. The molecular weight excluding hydrogens is 228 g/mol. The molecule has 0 saturated heterocycles. The number of halogens is 1. The van der Waals surface area contributed by atoms with E-state index in [9.17, 15) is 8.42 Å². The molecule has 7 heteroatoms. The lowest BCUT2D eigenvalue weighted by atomic mass is 10.6. The molecule has 0 aliphatic carbocycles. The number of oxazole rings is 1. The number of rotatable bonds is 5. The zero-order chi connectivity index (χ0) is 10.6. The summed E-state index contributed by atoms with van der Waals surface area (Å²) in [5, 5.41) is 0. The van der Waals surface area contributed by atoms with Crippen molar-refractivity contribution in [3.8, 4) is 0 Å². The average molecular weight is 239 g/mol. The average Bonchev–Trinajstić information content (AvgIpc) is 2.48. The molecule has 1 aromatic heterocycles. The third kappa shape index (κ3) is 3.65. The van der Waals surface area contributed by atoms with Crippen molar-refractivity contribution in [3.63, 3.8) is 0 Å². The lowest BCUT2D eigenvalue weighted by Gasteiger charge is -2.01. The zero-order valence-corrected chi connectivity index (χ0v) is 9.23. The molecule has 1 N–H and O–H groups in total. The Balaban J connectivity index is 2.48. The lowest BCUT2D eigenvalue weighted by Crippen LogP contribution is -2.26. The second kappa shape index (κ2) is 4.77. The standard InChI is InChI=1S/C7H11ClN2O3S/c1-6-4-9-7(13-6)5-10-14(11,12)3-2-8/h4,10H,2-3,5H2,1H3. The number of nitrogens with one attached hydrogen (secondary N) is 1. The largest absolute Gasteiger partial charge is 0.445 e. The number of sulfonamides is 1. The maximum Gasteiger partial charge on any atom is 0.213 e. The molecule has 14 heavy (non-hydrogen) atoms. The minimum absolute atomic E-state index is 0.0626. The van der Waals surface area contributed by atoms with Crippen LogP contribution >= 0.6 is 11.6 Å². The Morgan fingerprint density at radius 2 is 2.36 bits per heavy atom. The molecule has 1 aromatic rings. The quantitative estimate of drug-likeness (QED) is 0.765. The summed E-state index contributed by atoms with van der Waals surface area (Å²) in [5.41, 5.74) is 0. The Labute approximate surface area is 87.5 Å². The van der Waals surface area contributed by atoms with Gasteiger partial charge in [-0.2, -0.15) is 0 Å². The van der Waals surface area contributed by atoms with Crippen LogP contribution in [0.15, 0.2) is 10.6 Å². The van der Waals surface area contributed by atoms with E-state index in [1.54, 1.807) is 6.92 Å². The minimum Gasteiger partial charge on any atom is -0.445 e. The van der Waals surface area contributed by atoms with Crippen LogP contribution in [0.4, 0.5) is 0 Å². The summed E-state index contributed by atoms with van der Waals surface area (Å²) in [4.78, 5) is 3.85. The van der Waals surface area contributed by atoms with E-state index >= 15 is 0 Å². The fourth-order valence-corrected chi connectivity index (χ4v) is 2.13. The molecule has 0 unspecified atom stereocenters. The summed E-state index contributed by atoms with van der Waals surface area (Å²) in [6.07, 6.45) is 1.53. The maximum absolute atomic E-state index is 11.1. The van der Waals surface area contributed by atoms with Crippen LogP contribution in [0, 0.1) is 6.92 Å². The van der Waals surface area contributed by atoms with Crippen LogP contribution in [0.2, 0.25) is 0 Å². The molecule has 0 fully saturated rings. The summed E-state index contributed by atoms with van der Waals surface area (Å²) in [6.45, 7) is 1.80. The van der Waals surface area contributed by atoms with Crippen molar-refractivity contribution >= 4 is 21.6 Å². The van der Waals surface area contributed by atoms with Crippen LogP contribution in [0.1, 0.15) is 11.7 Å². The SMILES string of the molecule is Cc1cnc(CNS(=O)(=O)CCCl)o1. The fraction of sp³-hybridized carbons (Fsp3) is 0.571. The highest BCUT2D eigenvalue weighted by molar-refractivity contribution is 7.89. The molecule has 1 heterocycles. The maximum atomic E-state index is 11.1. The molecule has 0 amide bonds. The van der Waals surface area contributed by atoms with Crippen molar-refractivity contribution < 1.29 is 12.8 Å². The highest BCUT2D eigenvalue weighted by Gasteiger charge is 2.10. The molecule has 80 valence electrons. The summed E-state index contributed by atoms with van der Waals surface area (Å²) >= 11 is 5.31. The second-order valence-corrected chi connectivity index (χ2v) is 5.00. The Kier molecular flexibility index (Phi) is 3.91. The smallest absolute Gasteiger partial charge is 0.213 e. The van der Waals surface area contributed by atoms with Gasteiger partial charge in [-0.1, -0.05) is 0 Å². The topological polar surface area (TPSA) is 72.2 Å². The summed E-state index contributed by atoms with van der Waals surface area (Å²) < 4.78 is 29.7. The highest BCUT2D eigenvalue weighted by atomic mass is 35.5. The van der Waals surface area contributed by atoms with E-state index in [4.69, 9.17) is 16.0 Å². The zero-order valence-electron chi connectivity index (χ0n) is 7.66. The predicted molar refractivity (Wildman–Crippen MR) is 52.6 cm³/mol. The Hall–Kier alpha value is -0.590. The number of aryl methyl sites for hydroxylation is 1. The minimum atomic E-state index is -3.30. The van der Waals surface area contributed by atoms with Gasteiger partial charge in [0.1, 0.15) is 5.76 Å². The van der Waals surface area contributed by atoms with Gasteiger partial charge in [-0.05, 0) is 6.92 Å². The first-order valence-electron chi connectivity index (χ1n) is 3.98. The first kappa shape index (κ1) is 11.5. The monoisotopic (exact) mass is 238 g/mol. The number of hydrogen-bond donors (Lipinski definition) is 1. The normalized spacial score (nSPS) is 11.9. The van der Waals surface area contributed by atoms with Crippen LogP contribution in [0.5, 0.6) is 0 Å². The fourth-order valence-electron chi connectivity index (χ4n) is 0.829. The number of aromatic nitrogens is 1. The van der Waals surface area contributed by atoms with Crippen LogP contribution in [-0.4, -0.2) is 25.0 Å². The summed E-state index contributed by atoms with van der Waals surface area (Å²) in [6, 6.07) is 0. The van der Waals surface area contributed by atoms with Crippen molar-refractivity contribution in [3.05, 3.63) is 17.8 Å². The molecule has 0 aliphatic rings. The van der Waals surface area contributed by atoms with E-state index in [0.29, 0.717) is 11.7 Å². The van der Waals surface area contributed by atoms with E-state index in [1.165, 1.54) is 6.20 Å². The van der Waals surface area contributed by atoms with Gasteiger partial charge in [0, 0.05) is 5.88 Å². The molecule has 5 nitrogen and oxygen atoms in total. The molecule has 0 aromatic carbocycles. The van der Waals surface area contributed by atoms with E-state index in [2.05, 4.69) is 9.71 Å². The molecular formula is C7H11ClN2O3S. The molecule has 0 atom stereocenters. The predicted octanol–water partition coefficient (Wildman–Crippen LogP) is 0.641. The third-order valence-electron chi connectivity index (χ3n) is 1.46. The molecule has 0 bridgehead atoms. The van der Waals surface area contributed by atoms with Gasteiger partial charge in [0.2, 0.25) is 15.9 Å². The molecule has 1 rings (SSSR count). The van der Waals surface area contributed by atoms with Gasteiger partial charge in [-0.3, -0.25) is 0 Å². The van der Waals surface area contributed by atoms with Gasteiger partial charge in [0.15, 0.2) is 0 Å². The van der Waals surface area contributed by atoms with Crippen molar-refractivity contribution in [1.29, 1.82) is 0 Å². The van der Waals surface area contributed by atoms with Crippen molar-refractivity contribution in [2.75, 3.05) is 11.6 Å². The van der Waals surface area contributed by atoms with Crippen LogP contribution in [-0.2, 0) is 16.6 Å². The van der Waals surface area contributed by atoms with Crippen molar-refractivity contribution in [2.24, 2.45) is 0 Å². The van der Waals surface area contributed by atoms with Gasteiger partial charge in [0.25, 0.3) is 0 Å². The van der Waals surface area contributed by atoms with Gasteiger partial charge >= 0.3 is 0 Å². The molecule has 0 spiro atoms. The first-order chi connectivity index (χ1) is 6.53. The Morgan fingerprint density at radius 3 is 2.86 bits per heavy atom. The third-order valence-corrected chi connectivity index (χ3v) is 3.20. The van der Waals surface area contributed by atoms with Gasteiger partial charge in [-0.15, -0.1) is 11.6 Å². The van der Waals surface area contributed by atoms with E-state index in [0.717, 1.165) is 0 Å². The van der Waals surface area contributed by atoms with Gasteiger partial charge < -0.3 is 4.42 Å². The number of hydrogen-bond acceptors (Lipinski definition) is 4. The Bertz CT molecular complexity index is 387. The van der Waals surface area contributed by atoms with Crippen LogP contribution < -0.4 is 4.72 Å². The first-order valence-corrected chi connectivity index (χ1v) is 6.17. The van der Waals surface area contributed by atoms with Crippen molar-refractivity contribution in [1.82, 2.24) is 9.71 Å². The summed E-state index contributed by atoms with van der Waals surface area (Å²) in [7, 11) is -3.30. The van der Waals surface area contributed by atoms with Crippen LogP contribution in [0.3, 0.4) is 0 Å². The van der Waals surface area contributed by atoms with Crippen LogP contribution in [0.25, 0.3) is 0 Å². The molecule has 0 radical (unpaired) electrons. The van der Waals surface area contributed by atoms with Crippen molar-refractivity contribution in [2.45, 2.75) is 13.5 Å². The van der Waals surface area contributed by atoms with E-state index in [1.807, 2.05) is 0 Å². The van der Waals surface area contributed by atoms with Gasteiger partial charge in [-0.25, -0.2) is 18.1 Å². The highest BCUT2D eigenvalue weighted by Crippen LogP contribution is 2.01. The van der Waals surface area contributed by atoms with E-state index in [-0.39, 0.29) is 18.2 Å². The van der Waals surface area contributed by atoms with Gasteiger partial charge in [0.05, 0.1) is 18.5 Å². The molecule has 0 saturated carbocycles. The number of nitrogens with zero attached hydrogens (tertiary/aromatic N) is 1. The Morgan fingerprint density at radius 1 is 1.64 bits per heavy atom. The molecule has 0 aliphatic heterocycles. The number of alkyl halides is 1. The van der Waals surface area contributed by atoms with E-state index < -0.39 is 10.0 Å². The second-order valence-electron chi connectivity index (χ2n) is 2.69.